The first-order valence-electron chi connectivity index (χ1n) is 13.0. The molecule has 3 amide bonds. The van der Waals surface area contributed by atoms with E-state index < -0.39 is 36.0 Å². The zero-order chi connectivity index (χ0) is 28.1. The van der Waals surface area contributed by atoms with Gasteiger partial charge in [0.05, 0.1) is 12.1 Å². The van der Waals surface area contributed by atoms with Crippen molar-refractivity contribution in [2.75, 3.05) is 13.1 Å². The predicted molar refractivity (Wildman–Crippen MR) is 145 cm³/mol. The first-order valence-corrected chi connectivity index (χ1v) is 13.0. The van der Waals surface area contributed by atoms with Crippen LogP contribution in [0.1, 0.15) is 82.6 Å². The number of aromatic nitrogens is 1. The lowest BCUT2D eigenvalue weighted by Gasteiger charge is -2.37. The Morgan fingerprint density at radius 1 is 1.08 bits per heavy atom. The largest absolute Gasteiger partial charge is 0.390 e. The molecule has 3 unspecified atom stereocenters. The summed E-state index contributed by atoms with van der Waals surface area (Å²) in [4.78, 5) is 44.1. The number of nitrogens with one attached hydrogen (secondary N) is 1. The van der Waals surface area contributed by atoms with E-state index in [1.54, 1.807) is 24.5 Å². The summed E-state index contributed by atoms with van der Waals surface area (Å²) in [5.41, 5.74) is 6.57. The third-order valence-electron chi connectivity index (χ3n) is 6.19. The van der Waals surface area contributed by atoms with Gasteiger partial charge in [0.25, 0.3) is 11.8 Å². The van der Waals surface area contributed by atoms with Crippen molar-refractivity contribution in [2.24, 2.45) is 5.73 Å². The molecule has 2 aromatic rings. The van der Waals surface area contributed by atoms with Crippen molar-refractivity contribution in [3.63, 3.8) is 0 Å². The first kappa shape index (κ1) is 30.5. The molecule has 0 bridgehead atoms. The van der Waals surface area contributed by atoms with Gasteiger partial charge in [-0.1, -0.05) is 13.8 Å². The molecule has 204 valence electrons. The molecule has 0 radical (unpaired) electrons. The summed E-state index contributed by atoms with van der Waals surface area (Å²) >= 11 is 0. The van der Waals surface area contributed by atoms with E-state index in [2.05, 4.69) is 16.2 Å². The fourth-order valence-corrected chi connectivity index (χ4v) is 4.21. The van der Waals surface area contributed by atoms with Crippen LogP contribution in [0.4, 0.5) is 0 Å². The maximum atomic E-state index is 13.9. The van der Waals surface area contributed by atoms with Crippen molar-refractivity contribution in [1.29, 1.82) is 0 Å². The topological polar surface area (TPSA) is 146 Å². The molecule has 1 aromatic carbocycles. The number of benzene rings is 1. The summed E-state index contributed by atoms with van der Waals surface area (Å²) in [6.07, 6.45) is 8.95. The van der Waals surface area contributed by atoms with Crippen molar-refractivity contribution in [2.45, 2.75) is 70.6 Å². The molecule has 0 saturated heterocycles. The minimum Gasteiger partial charge on any atom is -0.390 e. The number of amides is 3. The van der Waals surface area contributed by atoms with Crippen LogP contribution < -0.4 is 11.1 Å². The second-order valence-electron chi connectivity index (χ2n) is 9.20. The third-order valence-corrected chi connectivity index (χ3v) is 6.19. The molecule has 0 fully saturated rings. The number of aliphatic hydroxyl groups excluding tert-OH is 2. The predicted octanol–water partition coefficient (Wildman–Crippen LogP) is 2.31. The Morgan fingerprint density at radius 3 is 2.34 bits per heavy atom. The average Bonchev–Trinajstić information content (AvgIpc) is 2.93. The van der Waals surface area contributed by atoms with E-state index in [0.29, 0.717) is 25.8 Å². The molecule has 9 nitrogen and oxygen atoms in total. The number of rotatable bonds is 15. The summed E-state index contributed by atoms with van der Waals surface area (Å²) in [7, 11) is 0. The smallest absolute Gasteiger partial charge is 0.254 e. The van der Waals surface area contributed by atoms with Crippen LogP contribution >= 0.6 is 0 Å². The monoisotopic (exact) mass is 522 g/mol. The normalized spacial score (nSPS) is 13.1. The van der Waals surface area contributed by atoms with Crippen molar-refractivity contribution < 1.29 is 24.6 Å². The fraction of sp³-hybridized carbons (Fsp3) is 0.448. The second-order valence-corrected chi connectivity index (χ2v) is 9.20. The standard InChI is InChI=1S/C29H38N4O5/c1-4-7-8-9-25(34)26(35)24(16-20-10-13-31-14-11-20)33(15-6-3)29(38)23-18-21(27(30)36)17-22(19-23)28(37)32-12-5-2/h1,10-11,13-14,17-19,24-26,34-35H,5-9,12,15-16H2,2-3H3,(H2,30,36)(H,32,37). The third kappa shape index (κ3) is 8.68. The Balaban J connectivity index is 2.51. The number of carbonyl (C=O) groups excluding carboxylic acids is 3. The molecular weight excluding hydrogens is 484 g/mol. The Kier molecular flexibility index (Phi) is 12.4. The highest BCUT2D eigenvalue weighted by atomic mass is 16.3. The maximum Gasteiger partial charge on any atom is 0.254 e. The Bertz CT molecular complexity index is 1120. The van der Waals surface area contributed by atoms with Gasteiger partial charge in [-0.25, -0.2) is 0 Å². The van der Waals surface area contributed by atoms with Crippen molar-refractivity contribution >= 4 is 17.7 Å². The van der Waals surface area contributed by atoms with Crippen LogP contribution in [-0.4, -0.2) is 69.2 Å². The van der Waals surface area contributed by atoms with Crippen LogP contribution in [-0.2, 0) is 6.42 Å². The molecule has 1 heterocycles. The lowest BCUT2D eigenvalue weighted by molar-refractivity contribution is -0.0365. The lowest BCUT2D eigenvalue weighted by Crippen LogP contribution is -2.52. The molecule has 0 aliphatic carbocycles. The van der Waals surface area contributed by atoms with Crippen LogP contribution in [0.5, 0.6) is 0 Å². The molecule has 0 aliphatic rings. The molecule has 5 N–H and O–H groups in total. The van der Waals surface area contributed by atoms with Gasteiger partial charge in [0, 0.05) is 48.6 Å². The van der Waals surface area contributed by atoms with E-state index in [1.807, 2.05) is 13.8 Å². The molecule has 38 heavy (non-hydrogen) atoms. The molecule has 9 heteroatoms. The van der Waals surface area contributed by atoms with Crippen LogP contribution in [0.25, 0.3) is 0 Å². The van der Waals surface area contributed by atoms with E-state index in [4.69, 9.17) is 12.2 Å². The Morgan fingerprint density at radius 2 is 1.74 bits per heavy atom. The van der Waals surface area contributed by atoms with Crippen molar-refractivity contribution in [1.82, 2.24) is 15.2 Å². The summed E-state index contributed by atoms with van der Waals surface area (Å²) in [6.45, 7) is 4.50. The zero-order valence-corrected chi connectivity index (χ0v) is 22.1. The van der Waals surface area contributed by atoms with E-state index in [9.17, 15) is 24.6 Å². The van der Waals surface area contributed by atoms with Gasteiger partial charge in [-0.05, 0) is 68.0 Å². The SMILES string of the molecule is C#CCCCC(O)C(O)C(Cc1ccncc1)N(CCC)C(=O)c1cc(C(N)=O)cc(C(=O)NCCC)c1. The second kappa shape index (κ2) is 15.5. The fourth-order valence-electron chi connectivity index (χ4n) is 4.21. The number of aliphatic hydroxyl groups is 2. The van der Waals surface area contributed by atoms with Crippen LogP contribution in [0, 0.1) is 12.3 Å². The number of hydrogen-bond acceptors (Lipinski definition) is 6. The number of terminal acetylenes is 1. The van der Waals surface area contributed by atoms with Gasteiger partial charge in [0.15, 0.2) is 0 Å². The zero-order valence-electron chi connectivity index (χ0n) is 22.1. The lowest BCUT2D eigenvalue weighted by atomic mass is 9.93. The molecule has 2 rings (SSSR count). The van der Waals surface area contributed by atoms with Gasteiger partial charge >= 0.3 is 0 Å². The quantitative estimate of drug-likeness (QED) is 0.209. The van der Waals surface area contributed by atoms with Gasteiger partial charge in [-0.2, -0.15) is 0 Å². The minimum atomic E-state index is -1.27. The van der Waals surface area contributed by atoms with Crippen LogP contribution in [0.15, 0.2) is 42.7 Å². The van der Waals surface area contributed by atoms with Gasteiger partial charge < -0.3 is 26.2 Å². The summed E-state index contributed by atoms with van der Waals surface area (Å²) in [5, 5.41) is 24.8. The maximum absolute atomic E-state index is 13.9. The molecule has 0 spiro atoms. The van der Waals surface area contributed by atoms with Gasteiger partial charge in [0.2, 0.25) is 5.91 Å². The van der Waals surface area contributed by atoms with E-state index in [1.165, 1.54) is 23.1 Å². The van der Waals surface area contributed by atoms with Gasteiger partial charge in [-0.15, -0.1) is 12.3 Å². The van der Waals surface area contributed by atoms with Crippen LogP contribution in [0.2, 0.25) is 0 Å². The molecule has 0 aliphatic heterocycles. The van der Waals surface area contributed by atoms with E-state index in [-0.39, 0.29) is 36.1 Å². The Hall–Kier alpha value is -3.74. The average molecular weight is 523 g/mol. The number of unbranched alkanes of at least 4 members (excludes halogenated alkanes) is 1. The number of pyridine rings is 1. The molecular formula is C29H38N4O5. The summed E-state index contributed by atoms with van der Waals surface area (Å²) < 4.78 is 0. The highest BCUT2D eigenvalue weighted by Crippen LogP contribution is 2.22. The number of carbonyl (C=O) groups is 3. The number of hydrogen-bond donors (Lipinski definition) is 4. The number of nitrogens with zero attached hydrogens (tertiary/aromatic N) is 2. The van der Waals surface area contributed by atoms with Crippen LogP contribution in [0.3, 0.4) is 0 Å². The Labute approximate surface area is 224 Å². The minimum absolute atomic E-state index is 0.0227. The van der Waals surface area contributed by atoms with Gasteiger partial charge in [-0.3, -0.25) is 19.4 Å². The summed E-state index contributed by atoms with van der Waals surface area (Å²) in [5.74, 6) is 0.826. The van der Waals surface area contributed by atoms with E-state index in [0.717, 1.165) is 12.0 Å². The molecule has 3 atom stereocenters. The van der Waals surface area contributed by atoms with Gasteiger partial charge in [0.1, 0.15) is 6.10 Å². The number of primary amides is 1. The number of nitrogens with two attached hydrogens (primary N) is 1. The van der Waals surface area contributed by atoms with Crippen molar-refractivity contribution in [3.05, 3.63) is 65.0 Å². The summed E-state index contributed by atoms with van der Waals surface area (Å²) in [6, 6.07) is 6.88. The first-order chi connectivity index (χ1) is 18.2. The van der Waals surface area contributed by atoms with Crippen molar-refractivity contribution in [3.8, 4) is 12.3 Å². The molecule has 0 saturated carbocycles. The highest BCUT2D eigenvalue weighted by Gasteiger charge is 2.34. The molecule has 1 aromatic heterocycles. The highest BCUT2D eigenvalue weighted by molar-refractivity contribution is 6.04. The van der Waals surface area contributed by atoms with E-state index >= 15 is 0 Å².